The number of ether oxygens (including phenoxy) is 1. The molecule has 0 spiro atoms. The van der Waals surface area contributed by atoms with Gasteiger partial charge >= 0.3 is 0 Å². The average molecular weight is 316 g/mol. The minimum Gasteiger partial charge on any atom is -0.496 e. The fourth-order valence-corrected chi connectivity index (χ4v) is 2.45. The molecule has 0 saturated heterocycles. The van der Waals surface area contributed by atoms with Crippen molar-refractivity contribution in [1.29, 1.82) is 0 Å². The number of halogens is 4. The number of nitrogens with one attached hydrogen (secondary N) is 1. The van der Waals surface area contributed by atoms with Crippen molar-refractivity contribution in [3.05, 3.63) is 63.9 Å². The van der Waals surface area contributed by atoms with Gasteiger partial charge in [-0.15, -0.1) is 0 Å². The maximum Gasteiger partial charge on any atom is 0.160 e. The molecule has 0 fully saturated rings. The van der Waals surface area contributed by atoms with Crippen LogP contribution in [0.5, 0.6) is 5.75 Å². The van der Waals surface area contributed by atoms with E-state index in [1.54, 1.807) is 13.1 Å². The van der Waals surface area contributed by atoms with Crippen LogP contribution < -0.4 is 10.1 Å². The van der Waals surface area contributed by atoms with Gasteiger partial charge in [-0.25, -0.2) is 13.2 Å². The van der Waals surface area contributed by atoms with Gasteiger partial charge < -0.3 is 10.1 Å². The summed E-state index contributed by atoms with van der Waals surface area (Å²) >= 11 is 5.96. The Hall–Kier alpha value is -1.72. The zero-order valence-corrected chi connectivity index (χ0v) is 12.1. The zero-order valence-electron chi connectivity index (χ0n) is 11.4. The molecular weight excluding hydrogens is 303 g/mol. The standard InChI is InChI=1S/C15H13ClF3NO/c1-20-15(8-6-11(18)12(19)7-9(8)16)14-10(17)4-3-5-13(14)21-2/h3-7,15,20H,1-2H3. The zero-order chi connectivity index (χ0) is 15.6. The Balaban J connectivity index is 2.63. The first kappa shape index (κ1) is 15.7. The molecule has 0 aromatic heterocycles. The Labute approximate surface area is 125 Å². The van der Waals surface area contributed by atoms with Crippen molar-refractivity contribution >= 4 is 11.6 Å². The van der Waals surface area contributed by atoms with Gasteiger partial charge in [0.25, 0.3) is 0 Å². The predicted molar refractivity (Wildman–Crippen MR) is 75.2 cm³/mol. The van der Waals surface area contributed by atoms with Gasteiger partial charge in [0, 0.05) is 5.02 Å². The van der Waals surface area contributed by atoms with Crippen molar-refractivity contribution in [2.75, 3.05) is 14.2 Å². The van der Waals surface area contributed by atoms with Gasteiger partial charge in [-0.05, 0) is 36.9 Å². The smallest absolute Gasteiger partial charge is 0.160 e. The summed E-state index contributed by atoms with van der Waals surface area (Å²) in [5.74, 6) is -2.35. The van der Waals surface area contributed by atoms with Crippen molar-refractivity contribution in [1.82, 2.24) is 5.32 Å². The highest BCUT2D eigenvalue weighted by Crippen LogP contribution is 2.35. The molecule has 1 atom stereocenters. The maximum atomic E-state index is 14.1. The average Bonchev–Trinajstić information content (AvgIpc) is 2.46. The van der Waals surface area contributed by atoms with Crippen molar-refractivity contribution < 1.29 is 17.9 Å². The Bertz CT molecular complexity index is 664. The number of rotatable bonds is 4. The quantitative estimate of drug-likeness (QED) is 0.859. The summed E-state index contributed by atoms with van der Waals surface area (Å²) in [4.78, 5) is 0. The third-order valence-electron chi connectivity index (χ3n) is 3.16. The van der Waals surface area contributed by atoms with E-state index in [0.29, 0.717) is 0 Å². The highest BCUT2D eigenvalue weighted by atomic mass is 35.5. The van der Waals surface area contributed by atoms with Crippen molar-refractivity contribution in [3.8, 4) is 5.75 Å². The van der Waals surface area contributed by atoms with Crippen LogP contribution in [-0.4, -0.2) is 14.2 Å². The Morgan fingerprint density at radius 3 is 2.38 bits per heavy atom. The second-order valence-corrected chi connectivity index (χ2v) is 4.77. The fraction of sp³-hybridized carbons (Fsp3) is 0.200. The van der Waals surface area contributed by atoms with Gasteiger partial charge in [0.1, 0.15) is 11.6 Å². The van der Waals surface area contributed by atoms with Crippen LogP contribution in [0.2, 0.25) is 5.02 Å². The second kappa shape index (κ2) is 6.37. The lowest BCUT2D eigenvalue weighted by molar-refractivity contribution is 0.398. The van der Waals surface area contributed by atoms with E-state index in [2.05, 4.69) is 5.32 Å². The minimum atomic E-state index is -1.06. The molecule has 1 N–H and O–H groups in total. The van der Waals surface area contributed by atoms with E-state index in [4.69, 9.17) is 16.3 Å². The molecule has 0 heterocycles. The number of hydrogen-bond acceptors (Lipinski definition) is 2. The van der Waals surface area contributed by atoms with Crippen molar-refractivity contribution in [2.24, 2.45) is 0 Å². The fourth-order valence-electron chi connectivity index (χ4n) is 2.19. The van der Waals surface area contributed by atoms with Gasteiger partial charge in [0.15, 0.2) is 11.6 Å². The summed E-state index contributed by atoms with van der Waals surface area (Å²) in [5.41, 5.74) is 0.400. The van der Waals surface area contributed by atoms with E-state index in [1.807, 2.05) is 0 Å². The first-order valence-electron chi connectivity index (χ1n) is 6.13. The van der Waals surface area contributed by atoms with E-state index in [1.165, 1.54) is 19.2 Å². The molecule has 1 unspecified atom stereocenters. The summed E-state index contributed by atoms with van der Waals surface area (Å²) < 4.78 is 45.9. The van der Waals surface area contributed by atoms with Crippen LogP contribution in [0.15, 0.2) is 30.3 Å². The number of methoxy groups -OCH3 is 1. The molecule has 112 valence electrons. The van der Waals surface area contributed by atoms with Gasteiger partial charge in [-0.1, -0.05) is 17.7 Å². The van der Waals surface area contributed by atoms with E-state index in [-0.39, 0.29) is 21.9 Å². The van der Waals surface area contributed by atoms with Crippen molar-refractivity contribution in [3.63, 3.8) is 0 Å². The largest absolute Gasteiger partial charge is 0.496 e. The van der Waals surface area contributed by atoms with Gasteiger partial charge in [-0.3, -0.25) is 0 Å². The van der Waals surface area contributed by atoms with Crippen LogP contribution in [0.4, 0.5) is 13.2 Å². The molecule has 2 aromatic rings. The summed E-state index contributed by atoms with van der Waals surface area (Å²) in [5, 5.41) is 2.84. The highest BCUT2D eigenvalue weighted by molar-refractivity contribution is 6.31. The molecule has 0 bridgehead atoms. The van der Waals surface area contributed by atoms with E-state index in [0.717, 1.165) is 12.1 Å². The summed E-state index contributed by atoms with van der Waals surface area (Å²) in [6, 6.07) is 5.38. The molecule has 6 heteroatoms. The Kier molecular flexibility index (Phi) is 4.75. The first-order chi connectivity index (χ1) is 9.99. The third-order valence-corrected chi connectivity index (χ3v) is 3.49. The topological polar surface area (TPSA) is 21.3 Å². The molecule has 0 aliphatic carbocycles. The lowest BCUT2D eigenvalue weighted by Crippen LogP contribution is -2.20. The lowest BCUT2D eigenvalue weighted by Gasteiger charge is -2.21. The number of hydrogen-bond donors (Lipinski definition) is 1. The number of benzene rings is 2. The van der Waals surface area contributed by atoms with Gasteiger partial charge in [0.05, 0.1) is 18.7 Å². The molecule has 0 aliphatic rings. The monoisotopic (exact) mass is 315 g/mol. The molecule has 2 nitrogen and oxygen atoms in total. The molecule has 0 aliphatic heterocycles. The second-order valence-electron chi connectivity index (χ2n) is 4.37. The molecule has 0 saturated carbocycles. The molecule has 21 heavy (non-hydrogen) atoms. The summed E-state index contributed by atoms with van der Waals surface area (Å²) in [6.45, 7) is 0. The molecule has 2 rings (SSSR count). The molecule has 2 aromatic carbocycles. The van der Waals surface area contributed by atoms with Crippen LogP contribution in [0.25, 0.3) is 0 Å². The van der Waals surface area contributed by atoms with Crippen LogP contribution in [0.1, 0.15) is 17.2 Å². The third kappa shape index (κ3) is 2.99. The van der Waals surface area contributed by atoms with Crippen LogP contribution in [-0.2, 0) is 0 Å². The van der Waals surface area contributed by atoms with Crippen molar-refractivity contribution in [2.45, 2.75) is 6.04 Å². The van der Waals surface area contributed by atoms with Gasteiger partial charge in [-0.2, -0.15) is 0 Å². The first-order valence-corrected chi connectivity index (χ1v) is 6.51. The lowest BCUT2D eigenvalue weighted by atomic mass is 9.97. The van der Waals surface area contributed by atoms with Crippen LogP contribution >= 0.6 is 11.6 Å². The molecule has 0 radical (unpaired) electrons. The van der Waals surface area contributed by atoms with E-state index >= 15 is 0 Å². The SMILES string of the molecule is CNC(c1cc(F)c(F)cc1Cl)c1c(F)cccc1OC. The van der Waals surface area contributed by atoms with Crippen LogP contribution in [0.3, 0.4) is 0 Å². The minimum absolute atomic E-state index is 0.00134. The normalized spacial score (nSPS) is 12.3. The summed E-state index contributed by atoms with van der Waals surface area (Å²) in [7, 11) is 2.96. The Morgan fingerprint density at radius 1 is 1.10 bits per heavy atom. The predicted octanol–water partition coefficient (Wildman–Crippen LogP) is 4.07. The van der Waals surface area contributed by atoms with Crippen LogP contribution in [0, 0.1) is 17.5 Å². The summed E-state index contributed by atoms with van der Waals surface area (Å²) in [6.07, 6.45) is 0. The van der Waals surface area contributed by atoms with E-state index in [9.17, 15) is 13.2 Å². The highest BCUT2D eigenvalue weighted by Gasteiger charge is 2.24. The molecular formula is C15H13ClF3NO. The van der Waals surface area contributed by atoms with Gasteiger partial charge in [0.2, 0.25) is 0 Å². The maximum absolute atomic E-state index is 14.1. The van der Waals surface area contributed by atoms with E-state index < -0.39 is 23.5 Å². The molecule has 0 amide bonds. The Morgan fingerprint density at radius 2 is 1.76 bits per heavy atom.